The lowest BCUT2D eigenvalue weighted by molar-refractivity contribution is -0.120. The zero-order valence-corrected chi connectivity index (χ0v) is 17.8. The van der Waals surface area contributed by atoms with Gasteiger partial charge in [0.2, 0.25) is 0 Å². The number of nitrogens with one attached hydrogen (secondary N) is 2. The highest BCUT2D eigenvalue weighted by atomic mass is 35.5. The van der Waals surface area contributed by atoms with Crippen molar-refractivity contribution >= 4 is 58.0 Å². The summed E-state index contributed by atoms with van der Waals surface area (Å²) in [5, 5.41) is 15.1. The Balaban J connectivity index is 1.53. The Labute approximate surface area is 192 Å². The lowest BCUT2D eigenvalue weighted by Gasteiger charge is -2.15. The molecular formula is C23H15Cl2N3O4. The van der Waals surface area contributed by atoms with Crippen LogP contribution >= 0.6 is 23.2 Å². The van der Waals surface area contributed by atoms with Gasteiger partial charge in [0.05, 0.1) is 5.69 Å². The second-order valence-corrected chi connectivity index (χ2v) is 7.63. The van der Waals surface area contributed by atoms with Gasteiger partial charge in [-0.05, 0) is 66.7 Å². The van der Waals surface area contributed by atoms with Gasteiger partial charge in [-0.2, -0.15) is 0 Å². The van der Waals surface area contributed by atoms with Crippen molar-refractivity contribution in [1.82, 2.24) is 0 Å². The number of phenolic OH excluding ortho intramolecular Hbond substituents is 1. The fourth-order valence-electron chi connectivity index (χ4n) is 3.07. The normalized spacial score (nSPS) is 13.5. The maximum atomic E-state index is 12.9. The summed E-state index contributed by atoms with van der Waals surface area (Å²) in [4.78, 5) is 38.9. The minimum atomic E-state index is -0.664. The molecule has 3 N–H and O–H groups in total. The number of anilines is 3. The molecule has 0 bridgehead atoms. The molecular weight excluding hydrogens is 453 g/mol. The molecule has 0 saturated carbocycles. The molecule has 0 radical (unpaired) electrons. The molecule has 160 valence electrons. The number of amides is 3. The molecule has 3 aromatic carbocycles. The zero-order valence-electron chi connectivity index (χ0n) is 16.3. The Morgan fingerprint density at radius 2 is 1.53 bits per heavy atom. The van der Waals surface area contributed by atoms with Crippen molar-refractivity contribution in [2.45, 2.75) is 0 Å². The molecule has 0 unspecified atom stereocenters. The summed E-state index contributed by atoms with van der Waals surface area (Å²) in [6.45, 7) is 0. The first-order chi connectivity index (χ1) is 15.3. The molecule has 1 aliphatic rings. The van der Waals surface area contributed by atoms with Gasteiger partial charge in [-0.15, -0.1) is 0 Å². The largest absolute Gasteiger partial charge is 0.508 e. The number of hydrogen-bond donors (Lipinski definition) is 3. The number of benzene rings is 3. The third-order valence-electron chi connectivity index (χ3n) is 4.63. The Bertz CT molecular complexity index is 1250. The molecule has 0 atom stereocenters. The van der Waals surface area contributed by atoms with Crippen LogP contribution in [0.15, 0.2) is 83.5 Å². The Kier molecular flexibility index (Phi) is 5.85. The van der Waals surface area contributed by atoms with E-state index in [1.165, 1.54) is 18.2 Å². The highest BCUT2D eigenvalue weighted by Gasteiger charge is 2.38. The van der Waals surface area contributed by atoms with Crippen LogP contribution in [-0.2, 0) is 9.59 Å². The summed E-state index contributed by atoms with van der Waals surface area (Å²) in [6.07, 6.45) is 0. The summed E-state index contributed by atoms with van der Waals surface area (Å²) >= 11 is 12.0. The van der Waals surface area contributed by atoms with Crippen LogP contribution in [0.25, 0.3) is 0 Å². The van der Waals surface area contributed by atoms with Crippen LogP contribution in [0.3, 0.4) is 0 Å². The predicted molar refractivity (Wildman–Crippen MR) is 123 cm³/mol. The van der Waals surface area contributed by atoms with Crippen molar-refractivity contribution in [3.8, 4) is 5.75 Å². The molecule has 32 heavy (non-hydrogen) atoms. The van der Waals surface area contributed by atoms with E-state index in [0.29, 0.717) is 27.6 Å². The molecule has 0 saturated heterocycles. The third-order valence-corrected chi connectivity index (χ3v) is 5.23. The van der Waals surface area contributed by atoms with Gasteiger partial charge in [0, 0.05) is 22.0 Å². The van der Waals surface area contributed by atoms with Crippen LogP contribution in [0, 0.1) is 0 Å². The topological polar surface area (TPSA) is 98.7 Å². The quantitative estimate of drug-likeness (QED) is 0.372. The minimum Gasteiger partial charge on any atom is -0.508 e. The summed E-state index contributed by atoms with van der Waals surface area (Å²) < 4.78 is 0. The van der Waals surface area contributed by atoms with Crippen molar-refractivity contribution in [2.75, 3.05) is 15.5 Å². The number of halogens is 2. The first kappa shape index (κ1) is 21.4. The first-order valence-corrected chi connectivity index (χ1v) is 10.1. The van der Waals surface area contributed by atoms with E-state index in [4.69, 9.17) is 23.2 Å². The average Bonchev–Trinajstić information content (AvgIpc) is 2.99. The van der Waals surface area contributed by atoms with E-state index in [-0.39, 0.29) is 16.5 Å². The third kappa shape index (κ3) is 4.30. The van der Waals surface area contributed by atoms with E-state index in [1.54, 1.807) is 54.6 Å². The van der Waals surface area contributed by atoms with Gasteiger partial charge in [-0.1, -0.05) is 29.3 Å². The van der Waals surface area contributed by atoms with E-state index >= 15 is 0 Å². The molecule has 7 nitrogen and oxygen atoms in total. The second-order valence-electron chi connectivity index (χ2n) is 6.82. The summed E-state index contributed by atoms with van der Waals surface area (Å²) in [5.41, 5.74) is 1.46. The van der Waals surface area contributed by atoms with Crippen molar-refractivity contribution in [2.24, 2.45) is 0 Å². The van der Waals surface area contributed by atoms with Crippen molar-refractivity contribution in [3.63, 3.8) is 0 Å². The van der Waals surface area contributed by atoms with Crippen LogP contribution in [0.2, 0.25) is 5.02 Å². The van der Waals surface area contributed by atoms with Crippen molar-refractivity contribution in [3.05, 3.63) is 94.1 Å². The van der Waals surface area contributed by atoms with Gasteiger partial charge in [0.1, 0.15) is 16.5 Å². The molecule has 3 amide bonds. The highest BCUT2D eigenvalue weighted by molar-refractivity contribution is 6.53. The maximum Gasteiger partial charge on any atom is 0.283 e. The summed E-state index contributed by atoms with van der Waals surface area (Å²) in [6, 6.07) is 18.6. The number of imide groups is 1. The Hall–Kier alpha value is -3.81. The van der Waals surface area contributed by atoms with Gasteiger partial charge in [-0.3, -0.25) is 14.4 Å². The maximum absolute atomic E-state index is 12.9. The Morgan fingerprint density at radius 1 is 0.844 bits per heavy atom. The highest BCUT2D eigenvalue weighted by Crippen LogP contribution is 2.31. The van der Waals surface area contributed by atoms with Gasteiger partial charge in [-0.25, -0.2) is 4.90 Å². The lowest BCUT2D eigenvalue weighted by atomic mass is 10.1. The van der Waals surface area contributed by atoms with E-state index < -0.39 is 17.7 Å². The number of nitrogens with zero attached hydrogens (tertiary/aromatic N) is 1. The number of hydrogen-bond acceptors (Lipinski definition) is 5. The van der Waals surface area contributed by atoms with Crippen LogP contribution in [0.4, 0.5) is 17.1 Å². The fraction of sp³-hybridized carbons (Fsp3) is 0. The molecule has 0 fully saturated rings. The van der Waals surface area contributed by atoms with Gasteiger partial charge < -0.3 is 15.7 Å². The SMILES string of the molecule is O=C(Nc1ccc(O)cc1)c1cccc(NC2=C(Cl)C(=O)N(c3ccc(Cl)cc3)C2=O)c1. The summed E-state index contributed by atoms with van der Waals surface area (Å²) in [5.74, 6) is -1.59. The molecule has 9 heteroatoms. The number of rotatable bonds is 5. The standard InChI is InChI=1S/C23H15Cl2N3O4/c24-14-4-8-17(9-5-14)28-22(31)19(25)20(23(28)32)26-16-3-1-2-13(12-16)21(30)27-15-6-10-18(29)11-7-15/h1-12,26,29H,(H,27,30). The molecule has 0 aliphatic carbocycles. The van der Waals surface area contributed by atoms with E-state index in [2.05, 4.69) is 10.6 Å². The molecule has 0 spiro atoms. The second kappa shape index (κ2) is 8.74. The molecule has 4 rings (SSSR count). The molecule has 1 heterocycles. The first-order valence-electron chi connectivity index (χ1n) is 9.35. The van der Waals surface area contributed by atoms with Crippen LogP contribution in [0.5, 0.6) is 5.75 Å². The van der Waals surface area contributed by atoms with Gasteiger partial charge >= 0.3 is 0 Å². The van der Waals surface area contributed by atoms with Crippen LogP contribution in [-0.4, -0.2) is 22.8 Å². The number of phenols is 1. The van der Waals surface area contributed by atoms with Crippen molar-refractivity contribution in [1.29, 1.82) is 0 Å². The molecule has 3 aromatic rings. The summed E-state index contributed by atoms with van der Waals surface area (Å²) in [7, 11) is 0. The Morgan fingerprint density at radius 3 is 2.22 bits per heavy atom. The van der Waals surface area contributed by atoms with Gasteiger partial charge in [0.15, 0.2) is 0 Å². The average molecular weight is 468 g/mol. The predicted octanol–water partition coefficient (Wildman–Crippen LogP) is 4.73. The minimum absolute atomic E-state index is 0.0859. The van der Waals surface area contributed by atoms with E-state index in [0.717, 1.165) is 4.90 Å². The van der Waals surface area contributed by atoms with Crippen LogP contribution < -0.4 is 15.5 Å². The monoisotopic (exact) mass is 467 g/mol. The number of carbonyl (C=O) groups excluding carboxylic acids is 3. The smallest absolute Gasteiger partial charge is 0.283 e. The van der Waals surface area contributed by atoms with E-state index in [1.807, 2.05) is 0 Å². The molecule has 0 aromatic heterocycles. The zero-order chi connectivity index (χ0) is 22.8. The number of aromatic hydroxyl groups is 1. The van der Waals surface area contributed by atoms with Gasteiger partial charge in [0.25, 0.3) is 17.7 Å². The number of carbonyl (C=O) groups is 3. The van der Waals surface area contributed by atoms with E-state index in [9.17, 15) is 19.5 Å². The van der Waals surface area contributed by atoms with Crippen molar-refractivity contribution < 1.29 is 19.5 Å². The van der Waals surface area contributed by atoms with Crippen LogP contribution in [0.1, 0.15) is 10.4 Å². The fourth-order valence-corrected chi connectivity index (χ4v) is 3.41. The molecule has 1 aliphatic heterocycles. The lowest BCUT2D eigenvalue weighted by Crippen LogP contribution is -2.32.